The molecule has 0 aliphatic heterocycles. The van der Waals surface area contributed by atoms with E-state index in [4.69, 9.17) is 0 Å². The van der Waals surface area contributed by atoms with Crippen molar-refractivity contribution in [1.82, 2.24) is 4.98 Å². The van der Waals surface area contributed by atoms with Gasteiger partial charge in [-0.2, -0.15) is 18.4 Å². The van der Waals surface area contributed by atoms with E-state index in [1.54, 1.807) is 30.5 Å². The van der Waals surface area contributed by atoms with Crippen molar-refractivity contribution in [3.05, 3.63) is 68.6 Å². The maximum atomic E-state index is 13.7. The molecule has 0 aliphatic rings. The fraction of sp³-hybridized carbons (Fsp3) is 0.227. The van der Waals surface area contributed by atoms with Crippen LogP contribution < -0.4 is 5.32 Å². The minimum atomic E-state index is -4.80. The number of halogens is 3. The van der Waals surface area contributed by atoms with Gasteiger partial charge >= 0.3 is 6.18 Å². The lowest BCUT2D eigenvalue weighted by Crippen LogP contribution is -2.34. The van der Waals surface area contributed by atoms with Crippen molar-refractivity contribution in [3.63, 3.8) is 0 Å². The highest BCUT2D eigenvalue weighted by Crippen LogP contribution is 2.42. The van der Waals surface area contributed by atoms with Crippen LogP contribution in [0.25, 0.3) is 10.6 Å². The molecule has 0 saturated heterocycles. The molecule has 7 nitrogen and oxygen atoms in total. The first-order valence-corrected chi connectivity index (χ1v) is 11.3. The van der Waals surface area contributed by atoms with Crippen molar-refractivity contribution in [1.29, 1.82) is 5.26 Å². The van der Waals surface area contributed by atoms with Crippen LogP contribution in [0.2, 0.25) is 0 Å². The first-order chi connectivity index (χ1) is 15.8. The number of aryl methyl sites for hydroxylation is 1. The minimum absolute atomic E-state index is 0.0366. The quantitative estimate of drug-likeness (QED) is 0.235. The van der Waals surface area contributed by atoms with E-state index in [-0.39, 0.29) is 22.1 Å². The molecule has 0 fully saturated rings. The third-order valence-corrected chi connectivity index (χ3v) is 6.83. The molecule has 0 saturated carbocycles. The van der Waals surface area contributed by atoms with Crippen molar-refractivity contribution in [2.45, 2.75) is 36.7 Å². The average Bonchev–Trinajstić information content (AvgIpc) is 3.28. The number of carbonyl (C=O) groups is 1. The number of hydrogen-bond acceptors (Lipinski definition) is 7. The van der Waals surface area contributed by atoms with E-state index in [1.165, 1.54) is 43.4 Å². The Morgan fingerprint density at radius 2 is 1.97 bits per heavy atom. The van der Waals surface area contributed by atoms with Crippen LogP contribution in [0.5, 0.6) is 0 Å². The number of hydrogen-bond donors (Lipinski definition) is 1. The van der Waals surface area contributed by atoms with Crippen molar-refractivity contribution in [2.75, 3.05) is 5.32 Å². The van der Waals surface area contributed by atoms with Crippen LogP contribution in [0.3, 0.4) is 0 Å². The molecule has 2 aromatic heterocycles. The molecule has 12 heteroatoms. The van der Waals surface area contributed by atoms with Gasteiger partial charge in [-0.1, -0.05) is 23.9 Å². The number of carbonyl (C=O) groups excluding carboxylic acids is 1. The van der Waals surface area contributed by atoms with Gasteiger partial charge < -0.3 is 5.32 Å². The summed E-state index contributed by atoms with van der Waals surface area (Å²) in [6, 6.07) is 9.65. The summed E-state index contributed by atoms with van der Waals surface area (Å²) in [5, 5.41) is 24.6. The van der Waals surface area contributed by atoms with E-state index in [1.807, 2.05) is 0 Å². The first kappa shape index (κ1) is 25.2. The van der Waals surface area contributed by atoms with Crippen molar-refractivity contribution >= 4 is 40.4 Å². The predicted octanol–water partition coefficient (Wildman–Crippen LogP) is 6.43. The van der Waals surface area contributed by atoms with Crippen LogP contribution in [-0.4, -0.2) is 20.6 Å². The maximum Gasteiger partial charge on any atom is 0.417 e. The highest BCUT2D eigenvalue weighted by atomic mass is 32.2. The van der Waals surface area contributed by atoms with Crippen LogP contribution in [0, 0.1) is 28.4 Å². The molecule has 0 spiro atoms. The average molecular weight is 507 g/mol. The molecular formula is C22H17F3N4O3S2. The Morgan fingerprint density at radius 3 is 2.53 bits per heavy atom. The van der Waals surface area contributed by atoms with Gasteiger partial charge in [0.2, 0.25) is 5.91 Å². The van der Waals surface area contributed by atoms with Gasteiger partial charge in [0.1, 0.15) is 11.1 Å². The number of benzene rings is 1. The molecule has 0 aliphatic carbocycles. The first-order valence-electron chi connectivity index (χ1n) is 9.65. The van der Waals surface area contributed by atoms with Crippen LogP contribution >= 0.6 is 23.1 Å². The van der Waals surface area contributed by atoms with Gasteiger partial charge in [0.05, 0.1) is 37.1 Å². The molecule has 3 rings (SSSR count). The van der Waals surface area contributed by atoms with Crippen LogP contribution in [0.15, 0.2) is 46.8 Å². The fourth-order valence-electron chi connectivity index (χ4n) is 2.90. The van der Waals surface area contributed by atoms with E-state index < -0.39 is 32.9 Å². The molecule has 34 heavy (non-hydrogen) atoms. The molecule has 1 N–H and O–H groups in total. The summed E-state index contributed by atoms with van der Waals surface area (Å²) in [6.07, 6.45) is -4.80. The number of aromatic nitrogens is 1. The Labute approximate surface area is 200 Å². The van der Waals surface area contributed by atoms with Crippen molar-refractivity contribution in [2.24, 2.45) is 0 Å². The molecule has 3 aromatic rings. The van der Waals surface area contributed by atoms with Gasteiger partial charge in [0.15, 0.2) is 0 Å². The third kappa shape index (κ3) is 5.37. The van der Waals surface area contributed by atoms with Gasteiger partial charge in [0, 0.05) is 12.1 Å². The lowest BCUT2D eigenvalue weighted by Gasteiger charge is -2.24. The van der Waals surface area contributed by atoms with E-state index in [9.17, 15) is 33.3 Å². The van der Waals surface area contributed by atoms with Crippen LogP contribution in [0.1, 0.15) is 30.5 Å². The van der Waals surface area contributed by atoms with Crippen molar-refractivity contribution < 1.29 is 22.9 Å². The summed E-state index contributed by atoms with van der Waals surface area (Å²) >= 11 is 1.90. The number of non-ortho nitro benzene ring substituents is 1. The van der Waals surface area contributed by atoms with E-state index in [2.05, 4.69) is 10.3 Å². The molecule has 1 amide bonds. The standard InChI is InChI=1S/C22H17F3N4O3S2/c1-12-6-7-13(29(31)32)9-16(12)28-20(30)21(2,3)34-19-14(11-26)15(22(23,24)25)10-17(27-19)18-5-4-8-33-18/h4-10H,1-3H3,(H,28,30). The molecule has 2 heterocycles. The van der Waals surface area contributed by atoms with Gasteiger partial charge in [-0.15, -0.1) is 11.3 Å². The summed E-state index contributed by atoms with van der Waals surface area (Å²) in [4.78, 5) is 28.2. The number of nitro benzene ring substituents is 1. The Hall–Kier alpha value is -3.43. The zero-order chi connectivity index (χ0) is 25.3. The number of thioether (sulfide) groups is 1. The van der Waals surface area contributed by atoms with E-state index in [0.717, 1.165) is 6.07 Å². The summed E-state index contributed by atoms with van der Waals surface area (Å²) in [6.45, 7) is 4.58. The summed E-state index contributed by atoms with van der Waals surface area (Å²) in [5.41, 5.74) is -1.24. The third-order valence-electron chi connectivity index (χ3n) is 4.76. The summed E-state index contributed by atoms with van der Waals surface area (Å²) < 4.78 is 39.9. The molecular weight excluding hydrogens is 489 g/mol. The Kier molecular flexibility index (Phi) is 6.99. The largest absolute Gasteiger partial charge is 0.417 e. The number of alkyl halides is 3. The number of amides is 1. The minimum Gasteiger partial charge on any atom is -0.324 e. The number of anilines is 1. The zero-order valence-corrected chi connectivity index (χ0v) is 19.7. The second kappa shape index (κ2) is 9.44. The Balaban J connectivity index is 2.01. The van der Waals surface area contributed by atoms with Gasteiger partial charge in [0.25, 0.3) is 5.69 Å². The molecule has 0 radical (unpaired) electrons. The van der Waals surface area contributed by atoms with Crippen LogP contribution in [0.4, 0.5) is 24.5 Å². The summed E-state index contributed by atoms with van der Waals surface area (Å²) in [7, 11) is 0. The second-order valence-corrected chi connectivity index (χ2v) is 10.2. The maximum absolute atomic E-state index is 13.7. The predicted molar refractivity (Wildman–Crippen MR) is 124 cm³/mol. The van der Waals surface area contributed by atoms with Gasteiger partial charge in [-0.05, 0) is 43.8 Å². The Bertz CT molecular complexity index is 1300. The number of pyridine rings is 1. The number of nitro groups is 1. The smallest absolute Gasteiger partial charge is 0.324 e. The molecule has 0 atom stereocenters. The van der Waals surface area contributed by atoms with E-state index >= 15 is 0 Å². The monoisotopic (exact) mass is 506 g/mol. The lowest BCUT2D eigenvalue weighted by molar-refractivity contribution is -0.384. The van der Waals surface area contributed by atoms with Crippen molar-refractivity contribution in [3.8, 4) is 16.6 Å². The lowest BCUT2D eigenvalue weighted by atomic mass is 10.1. The fourth-order valence-corrected chi connectivity index (χ4v) is 4.61. The topological polar surface area (TPSA) is 109 Å². The number of nitrogens with one attached hydrogen (secondary N) is 1. The zero-order valence-electron chi connectivity index (χ0n) is 18.1. The SMILES string of the molecule is Cc1ccc([N+](=O)[O-])cc1NC(=O)C(C)(C)Sc1nc(-c2cccs2)cc(C(F)(F)F)c1C#N. The number of nitrogens with zero attached hydrogens (tertiary/aromatic N) is 3. The molecule has 0 unspecified atom stereocenters. The second-order valence-electron chi connectivity index (χ2n) is 7.64. The van der Waals surface area contributed by atoms with E-state index in [0.29, 0.717) is 22.2 Å². The molecule has 176 valence electrons. The molecule has 1 aromatic carbocycles. The molecule has 0 bridgehead atoms. The van der Waals surface area contributed by atoms with Gasteiger partial charge in [-0.25, -0.2) is 4.98 Å². The number of thiophene rings is 1. The highest BCUT2D eigenvalue weighted by molar-refractivity contribution is 8.01. The normalized spacial score (nSPS) is 11.7. The summed E-state index contributed by atoms with van der Waals surface area (Å²) in [5.74, 6) is -0.623. The number of rotatable bonds is 6. The Morgan fingerprint density at radius 1 is 1.26 bits per heavy atom. The van der Waals surface area contributed by atoms with Gasteiger partial charge in [-0.3, -0.25) is 14.9 Å². The van der Waals surface area contributed by atoms with Crippen LogP contribution in [-0.2, 0) is 11.0 Å². The highest BCUT2D eigenvalue weighted by Gasteiger charge is 2.38. The number of nitriles is 1.